The van der Waals surface area contributed by atoms with Crippen LogP contribution in [0.1, 0.15) is 17.2 Å². The normalized spacial score (nSPS) is 11.5. The number of anilines is 2. The zero-order chi connectivity index (χ0) is 19.2. The van der Waals surface area contributed by atoms with E-state index in [0.717, 1.165) is 22.5 Å². The summed E-state index contributed by atoms with van der Waals surface area (Å²) in [7, 11) is 1.57. The molecule has 0 bridgehead atoms. The molecule has 3 aromatic carbocycles. The molecule has 0 saturated carbocycles. The van der Waals surface area contributed by atoms with Crippen LogP contribution in [0.25, 0.3) is 0 Å². The van der Waals surface area contributed by atoms with Crippen molar-refractivity contribution in [3.8, 4) is 5.75 Å². The molecule has 0 aromatic heterocycles. The van der Waals surface area contributed by atoms with Gasteiger partial charge in [-0.15, -0.1) is 0 Å². The van der Waals surface area contributed by atoms with Crippen LogP contribution in [-0.2, 0) is 4.79 Å². The van der Waals surface area contributed by atoms with Crippen molar-refractivity contribution < 1.29 is 9.53 Å². The Morgan fingerprint density at radius 3 is 2.26 bits per heavy atom. The van der Waals surface area contributed by atoms with E-state index in [9.17, 15) is 4.79 Å². The predicted molar refractivity (Wildman–Crippen MR) is 111 cm³/mol. The summed E-state index contributed by atoms with van der Waals surface area (Å²) < 4.78 is 5.19. The molecular formula is C22H21ClN2O2. The molecule has 0 heterocycles. The van der Waals surface area contributed by atoms with Gasteiger partial charge in [-0.2, -0.15) is 0 Å². The first-order valence-corrected chi connectivity index (χ1v) is 8.97. The number of amides is 1. The predicted octanol–water partition coefficient (Wildman–Crippen LogP) is 5.45. The Balaban J connectivity index is 1.86. The van der Waals surface area contributed by atoms with Crippen molar-refractivity contribution in [2.75, 3.05) is 17.7 Å². The highest BCUT2D eigenvalue weighted by Gasteiger charge is 2.21. The highest BCUT2D eigenvalue weighted by molar-refractivity contribution is 6.32. The summed E-state index contributed by atoms with van der Waals surface area (Å²) in [5.41, 5.74) is 3.47. The molecular weight excluding hydrogens is 360 g/mol. The summed E-state index contributed by atoms with van der Waals surface area (Å²) in [6.45, 7) is 2.01. The first kappa shape index (κ1) is 18.8. The Kier molecular flexibility index (Phi) is 5.99. The number of rotatable bonds is 6. The number of carbonyl (C=O) groups excluding carboxylic acids is 1. The quantitative estimate of drug-likeness (QED) is 0.597. The zero-order valence-electron chi connectivity index (χ0n) is 15.2. The molecule has 0 aliphatic rings. The summed E-state index contributed by atoms with van der Waals surface area (Å²) in [5, 5.41) is 6.71. The monoisotopic (exact) mass is 380 g/mol. The van der Waals surface area contributed by atoms with Gasteiger partial charge in [-0.05, 0) is 42.8 Å². The van der Waals surface area contributed by atoms with Crippen molar-refractivity contribution in [3.05, 3.63) is 88.9 Å². The fraction of sp³-hybridized carbons (Fsp3) is 0.136. The van der Waals surface area contributed by atoms with Crippen LogP contribution in [-0.4, -0.2) is 13.0 Å². The fourth-order valence-corrected chi connectivity index (χ4v) is 2.98. The van der Waals surface area contributed by atoms with Crippen LogP contribution in [0.2, 0.25) is 5.02 Å². The van der Waals surface area contributed by atoms with Gasteiger partial charge < -0.3 is 15.4 Å². The average Bonchev–Trinajstić information content (AvgIpc) is 2.68. The summed E-state index contributed by atoms with van der Waals surface area (Å²) in [5.74, 6) is 0.430. The molecule has 5 heteroatoms. The summed E-state index contributed by atoms with van der Waals surface area (Å²) in [6, 6.07) is 22.0. The van der Waals surface area contributed by atoms with Crippen molar-refractivity contribution in [3.63, 3.8) is 0 Å². The summed E-state index contributed by atoms with van der Waals surface area (Å²) >= 11 is 6.22. The van der Waals surface area contributed by atoms with E-state index in [-0.39, 0.29) is 5.91 Å². The van der Waals surface area contributed by atoms with Crippen molar-refractivity contribution in [1.82, 2.24) is 0 Å². The van der Waals surface area contributed by atoms with Gasteiger partial charge in [0.15, 0.2) is 0 Å². The SMILES string of the molecule is COc1ccc(N[C@H](C(=O)Nc2ccc(C)cc2)c2ccccc2)cc1Cl. The van der Waals surface area contributed by atoms with E-state index in [0.29, 0.717) is 10.8 Å². The van der Waals surface area contributed by atoms with Crippen LogP contribution >= 0.6 is 11.6 Å². The molecule has 2 N–H and O–H groups in total. The van der Waals surface area contributed by atoms with E-state index in [1.807, 2.05) is 67.6 Å². The number of nitrogens with one attached hydrogen (secondary N) is 2. The Morgan fingerprint density at radius 1 is 0.963 bits per heavy atom. The second-order valence-corrected chi connectivity index (χ2v) is 6.60. The Morgan fingerprint density at radius 2 is 1.63 bits per heavy atom. The smallest absolute Gasteiger partial charge is 0.251 e. The second-order valence-electron chi connectivity index (χ2n) is 6.19. The lowest BCUT2D eigenvalue weighted by molar-refractivity contribution is -0.117. The number of ether oxygens (including phenoxy) is 1. The van der Waals surface area contributed by atoms with Crippen LogP contribution < -0.4 is 15.4 Å². The second kappa shape index (κ2) is 8.60. The van der Waals surface area contributed by atoms with Crippen molar-refractivity contribution in [2.45, 2.75) is 13.0 Å². The number of methoxy groups -OCH3 is 1. The molecule has 4 nitrogen and oxygen atoms in total. The molecule has 0 aliphatic carbocycles. The molecule has 3 rings (SSSR count). The van der Waals surface area contributed by atoms with Crippen LogP contribution in [0.15, 0.2) is 72.8 Å². The minimum atomic E-state index is -0.572. The molecule has 0 saturated heterocycles. The lowest BCUT2D eigenvalue weighted by atomic mass is 10.1. The molecule has 27 heavy (non-hydrogen) atoms. The number of carbonyl (C=O) groups is 1. The molecule has 0 fully saturated rings. The molecule has 3 aromatic rings. The molecule has 0 spiro atoms. The van der Waals surface area contributed by atoms with E-state index in [4.69, 9.17) is 16.3 Å². The number of hydrogen-bond acceptors (Lipinski definition) is 3. The lowest BCUT2D eigenvalue weighted by Crippen LogP contribution is -2.27. The zero-order valence-corrected chi connectivity index (χ0v) is 16.0. The van der Waals surface area contributed by atoms with Gasteiger partial charge in [-0.25, -0.2) is 0 Å². The molecule has 1 atom stereocenters. The van der Waals surface area contributed by atoms with Crippen molar-refractivity contribution in [2.24, 2.45) is 0 Å². The minimum Gasteiger partial charge on any atom is -0.495 e. The highest BCUT2D eigenvalue weighted by atomic mass is 35.5. The van der Waals surface area contributed by atoms with Crippen LogP contribution in [0.3, 0.4) is 0 Å². The Hall–Kier alpha value is -2.98. The van der Waals surface area contributed by atoms with Crippen LogP contribution in [0.4, 0.5) is 11.4 Å². The lowest BCUT2D eigenvalue weighted by Gasteiger charge is -2.20. The number of hydrogen-bond donors (Lipinski definition) is 2. The van der Waals surface area contributed by atoms with E-state index in [1.165, 1.54) is 0 Å². The Bertz CT molecular complexity index is 911. The van der Waals surface area contributed by atoms with Crippen LogP contribution in [0.5, 0.6) is 5.75 Å². The van der Waals surface area contributed by atoms with Crippen molar-refractivity contribution in [1.29, 1.82) is 0 Å². The Labute approximate surface area is 164 Å². The topological polar surface area (TPSA) is 50.4 Å². The van der Waals surface area contributed by atoms with Gasteiger partial charge in [-0.1, -0.05) is 59.6 Å². The molecule has 0 radical (unpaired) electrons. The summed E-state index contributed by atoms with van der Waals surface area (Å²) in [6.07, 6.45) is 0. The summed E-state index contributed by atoms with van der Waals surface area (Å²) in [4.78, 5) is 13.0. The van der Waals surface area contributed by atoms with Gasteiger partial charge in [0, 0.05) is 11.4 Å². The van der Waals surface area contributed by atoms with Gasteiger partial charge in [0.25, 0.3) is 5.91 Å². The average molecular weight is 381 g/mol. The number of halogens is 1. The van der Waals surface area contributed by atoms with E-state index in [1.54, 1.807) is 19.2 Å². The first-order valence-electron chi connectivity index (χ1n) is 8.59. The van der Waals surface area contributed by atoms with Gasteiger partial charge in [0.1, 0.15) is 11.8 Å². The van der Waals surface area contributed by atoms with E-state index < -0.39 is 6.04 Å². The van der Waals surface area contributed by atoms with E-state index >= 15 is 0 Å². The molecule has 0 unspecified atom stereocenters. The molecule has 1 amide bonds. The fourth-order valence-electron chi connectivity index (χ4n) is 2.72. The number of benzene rings is 3. The maximum atomic E-state index is 13.0. The first-order chi connectivity index (χ1) is 13.1. The highest BCUT2D eigenvalue weighted by Crippen LogP contribution is 2.29. The maximum Gasteiger partial charge on any atom is 0.251 e. The van der Waals surface area contributed by atoms with Crippen molar-refractivity contribution >= 4 is 28.9 Å². The van der Waals surface area contributed by atoms with Gasteiger partial charge in [0.2, 0.25) is 0 Å². The maximum absolute atomic E-state index is 13.0. The third-order valence-electron chi connectivity index (χ3n) is 4.18. The number of aryl methyl sites for hydroxylation is 1. The minimum absolute atomic E-state index is 0.156. The molecule has 0 aliphatic heterocycles. The van der Waals surface area contributed by atoms with Gasteiger partial charge in [-0.3, -0.25) is 4.79 Å². The third-order valence-corrected chi connectivity index (χ3v) is 4.47. The molecule has 138 valence electrons. The van der Waals surface area contributed by atoms with Crippen LogP contribution in [0, 0.1) is 6.92 Å². The van der Waals surface area contributed by atoms with Gasteiger partial charge >= 0.3 is 0 Å². The standard InChI is InChI=1S/C22H21ClN2O2/c1-15-8-10-17(11-9-15)25-22(26)21(16-6-4-3-5-7-16)24-18-12-13-20(27-2)19(23)14-18/h3-14,21,24H,1-2H3,(H,25,26)/t21-/m0/s1. The third kappa shape index (κ3) is 4.80. The van der Waals surface area contributed by atoms with Gasteiger partial charge in [0.05, 0.1) is 12.1 Å². The van der Waals surface area contributed by atoms with E-state index in [2.05, 4.69) is 10.6 Å². The largest absolute Gasteiger partial charge is 0.495 e.